The molecule has 0 bridgehead atoms. The van der Waals surface area contributed by atoms with Crippen molar-refractivity contribution < 1.29 is 9.90 Å². The number of anilines is 1. The third kappa shape index (κ3) is 1.63. The maximum atomic E-state index is 12.5. The first kappa shape index (κ1) is 13.5. The Hall–Kier alpha value is -2.11. The van der Waals surface area contributed by atoms with E-state index in [1.807, 2.05) is 48.1 Å². The molecule has 0 saturated heterocycles. The molecule has 4 nitrogen and oxygen atoms in total. The van der Waals surface area contributed by atoms with Gasteiger partial charge in [0, 0.05) is 45.4 Å². The van der Waals surface area contributed by atoms with Gasteiger partial charge in [0.2, 0.25) is 0 Å². The molecule has 0 unspecified atom stereocenters. The molecule has 0 fully saturated rings. The maximum Gasteiger partial charge on any atom is 0.265 e. The van der Waals surface area contributed by atoms with Gasteiger partial charge in [-0.25, -0.2) is 0 Å². The number of hydrogen-bond acceptors (Lipinski definition) is 2. The molecule has 1 amide bonds. The zero-order valence-corrected chi connectivity index (χ0v) is 13.4. The number of fused-ring (bicyclic) bond motifs is 2. The van der Waals surface area contributed by atoms with E-state index in [0.29, 0.717) is 16.8 Å². The number of nitrogens with zero attached hydrogens (tertiary/aromatic N) is 1. The van der Waals surface area contributed by atoms with Crippen LogP contribution in [0.3, 0.4) is 0 Å². The van der Waals surface area contributed by atoms with Crippen molar-refractivity contribution in [3.8, 4) is 0 Å². The Bertz CT molecular complexity index is 932. The molecule has 2 heterocycles. The molecular weight excluding hydrogens is 344 g/mol. The lowest BCUT2D eigenvalue weighted by molar-refractivity contribution is -0.129. The number of amides is 1. The minimum atomic E-state index is -1.68. The average molecular weight is 357 g/mol. The van der Waals surface area contributed by atoms with Crippen LogP contribution >= 0.6 is 15.9 Å². The van der Waals surface area contributed by atoms with Crippen LogP contribution in [0.4, 0.5) is 5.69 Å². The molecule has 0 radical (unpaired) electrons. The summed E-state index contributed by atoms with van der Waals surface area (Å²) in [5, 5.41) is 14.9. The van der Waals surface area contributed by atoms with Gasteiger partial charge in [-0.05, 0) is 24.3 Å². The zero-order chi connectivity index (χ0) is 15.5. The first-order valence-corrected chi connectivity index (χ1v) is 7.69. The van der Waals surface area contributed by atoms with Gasteiger partial charge < -0.3 is 15.0 Å². The number of hydrogen-bond donors (Lipinski definition) is 2. The Morgan fingerprint density at radius 1 is 1.18 bits per heavy atom. The Morgan fingerprint density at radius 3 is 2.77 bits per heavy atom. The second-order valence-corrected chi connectivity index (χ2v) is 6.44. The van der Waals surface area contributed by atoms with Crippen LogP contribution < -0.4 is 5.32 Å². The number of aryl methyl sites for hydroxylation is 1. The van der Waals surface area contributed by atoms with Crippen molar-refractivity contribution in [3.63, 3.8) is 0 Å². The summed E-state index contributed by atoms with van der Waals surface area (Å²) in [5.74, 6) is -0.419. The molecule has 1 aliphatic rings. The predicted octanol–water partition coefficient (Wildman–Crippen LogP) is 3.13. The second-order valence-electron chi connectivity index (χ2n) is 5.53. The molecule has 1 aromatic heterocycles. The molecule has 0 aliphatic carbocycles. The number of aliphatic hydroxyl groups is 1. The monoisotopic (exact) mass is 356 g/mol. The van der Waals surface area contributed by atoms with Gasteiger partial charge in [-0.3, -0.25) is 4.79 Å². The van der Waals surface area contributed by atoms with Gasteiger partial charge in [0.05, 0.1) is 0 Å². The van der Waals surface area contributed by atoms with Gasteiger partial charge in [-0.2, -0.15) is 0 Å². The normalized spacial score (nSPS) is 20.2. The first-order chi connectivity index (χ1) is 10.5. The second kappa shape index (κ2) is 4.44. The SMILES string of the molecule is Cn1cc([C@]2(O)C(=O)Nc3ccc(Br)cc32)c2ccccc21. The lowest BCUT2D eigenvalue weighted by Gasteiger charge is -2.20. The molecule has 0 spiro atoms. The Labute approximate surface area is 135 Å². The molecule has 1 atom stereocenters. The van der Waals surface area contributed by atoms with E-state index in [9.17, 15) is 9.90 Å². The molecule has 2 aromatic carbocycles. The van der Waals surface area contributed by atoms with Crippen molar-refractivity contribution in [2.75, 3.05) is 5.32 Å². The van der Waals surface area contributed by atoms with Crippen molar-refractivity contribution in [2.45, 2.75) is 5.60 Å². The minimum Gasteiger partial charge on any atom is -0.372 e. The first-order valence-electron chi connectivity index (χ1n) is 6.90. The number of para-hydroxylation sites is 1. The molecule has 1 aliphatic heterocycles. The van der Waals surface area contributed by atoms with Crippen LogP contribution in [-0.4, -0.2) is 15.6 Å². The quantitative estimate of drug-likeness (QED) is 0.703. The minimum absolute atomic E-state index is 0.419. The smallest absolute Gasteiger partial charge is 0.265 e. The molecule has 5 heteroatoms. The van der Waals surface area contributed by atoms with E-state index in [-0.39, 0.29) is 0 Å². The van der Waals surface area contributed by atoms with Gasteiger partial charge in [0.15, 0.2) is 5.60 Å². The highest BCUT2D eigenvalue weighted by Crippen LogP contribution is 2.44. The van der Waals surface area contributed by atoms with Crippen molar-refractivity contribution in [2.24, 2.45) is 7.05 Å². The lowest BCUT2D eigenvalue weighted by Crippen LogP contribution is -2.35. The molecule has 2 N–H and O–H groups in total. The van der Waals surface area contributed by atoms with E-state index in [4.69, 9.17) is 0 Å². The average Bonchev–Trinajstić information content (AvgIpc) is 2.97. The third-order valence-corrected chi connectivity index (χ3v) is 4.73. The highest BCUT2D eigenvalue weighted by molar-refractivity contribution is 9.10. The largest absolute Gasteiger partial charge is 0.372 e. The highest BCUT2D eigenvalue weighted by Gasteiger charge is 2.48. The molecule has 22 heavy (non-hydrogen) atoms. The third-order valence-electron chi connectivity index (χ3n) is 4.23. The van der Waals surface area contributed by atoms with Crippen LogP contribution in [-0.2, 0) is 17.4 Å². The van der Waals surface area contributed by atoms with Crippen LogP contribution in [0.1, 0.15) is 11.1 Å². The van der Waals surface area contributed by atoms with Gasteiger partial charge in [0.25, 0.3) is 5.91 Å². The fourth-order valence-corrected chi connectivity index (χ4v) is 3.52. The number of rotatable bonds is 1. The van der Waals surface area contributed by atoms with E-state index in [2.05, 4.69) is 21.2 Å². The lowest BCUT2D eigenvalue weighted by atomic mass is 9.87. The van der Waals surface area contributed by atoms with E-state index >= 15 is 0 Å². The summed E-state index contributed by atoms with van der Waals surface area (Å²) in [7, 11) is 1.91. The van der Waals surface area contributed by atoms with E-state index < -0.39 is 11.5 Å². The Balaban J connectivity index is 2.06. The summed E-state index contributed by atoms with van der Waals surface area (Å²) in [4.78, 5) is 12.5. The van der Waals surface area contributed by atoms with Crippen LogP contribution in [0.15, 0.2) is 53.1 Å². The number of carbonyl (C=O) groups excluding carboxylic acids is 1. The van der Waals surface area contributed by atoms with E-state index in [1.165, 1.54) is 0 Å². The van der Waals surface area contributed by atoms with Crippen molar-refractivity contribution >= 4 is 38.4 Å². The highest BCUT2D eigenvalue weighted by atomic mass is 79.9. The molecule has 110 valence electrons. The van der Waals surface area contributed by atoms with Crippen LogP contribution in [0.5, 0.6) is 0 Å². The fraction of sp³-hybridized carbons (Fsp3) is 0.118. The summed E-state index contributed by atoms with van der Waals surface area (Å²) >= 11 is 3.41. The van der Waals surface area contributed by atoms with Crippen molar-refractivity contribution in [1.29, 1.82) is 0 Å². The van der Waals surface area contributed by atoms with Gasteiger partial charge in [-0.1, -0.05) is 34.1 Å². The van der Waals surface area contributed by atoms with Crippen LogP contribution in [0.2, 0.25) is 0 Å². The maximum absolute atomic E-state index is 12.5. The van der Waals surface area contributed by atoms with Crippen molar-refractivity contribution in [1.82, 2.24) is 4.57 Å². The van der Waals surface area contributed by atoms with Gasteiger partial charge in [0.1, 0.15) is 0 Å². The number of carbonyl (C=O) groups is 1. The fourth-order valence-electron chi connectivity index (χ4n) is 3.16. The topological polar surface area (TPSA) is 54.3 Å². The predicted molar refractivity (Wildman–Crippen MR) is 88.7 cm³/mol. The summed E-state index contributed by atoms with van der Waals surface area (Å²) in [6.45, 7) is 0. The Morgan fingerprint density at radius 2 is 1.95 bits per heavy atom. The number of benzene rings is 2. The van der Waals surface area contributed by atoms with Gasteiger partial charge in [-0.15, -0.1) is 0 Å². The van der Waals surface area contributed by atoms with E-state index in [1.54, 1.807) is 12.1 Å². The summed E-state index contributed by atoms with van der Waals surface area (Å²) in [6.07, 6.45) is 1.82. The van der Waals surface area contributed by atoms with Gasteiger partial charge >= 0.3 is 0 Å². The molecule has 3 aromatic rings. The number of aromatic nitrogens is 1. The van der Waals surface area contributed by atoms with Crippen LogP contribution in [0, 0.1) is 0 Å². The summed E-state index contributed by atoms with van der Waals surface area (Å²) in [6, 6.07) is 13.2. The molecule has 0 saturated carbocycles. The number of halogens is 1. The summed E-state index contributed by atoms with van der Waals surface area (Å²) in [5.41, 5.74) is 1.11. The molecule has 4 rings (SSSR count). The molecular formula is C17H13BrN2O2. The van der Waals surface area contributed by atoms with Crippen molar-refractivity contribution in [3.05, 3.63) is 64.3 Å². The standard InChI is InChI=1S/C17H13BrN2O2/c1-20-9-13(11-4-2-3-5-15(11)20)17(22)12-8-10(18)6-7-14(12)19-16(17)21/h2-9,22H,1H3,(H,19,21)/t17-/m0/s1. The summed E-state index contributed by atoms with van der Waals surface area (Å²) < 4.78 is 2.74. The zero-order valence-electron chi connectivity index (χ0n) is 11.8. The Kier molecular flexibility index (Phi) is 2.74. The number of nitrogens with one attached hydrogen (secondary N) is 1. The van der Waals surface area contributed by atoms with Crippen LogP contribution in [0.25, 0.3) is 10.9 Å². The van der Waals surface area contributed by atoms with E-state index in [0.717, 1.165) is 15.4 Å².